The van der Waals surface area contributed by atoms with Crippen molar-refractivity contribution in [1.82, 2.24) is 9.97 Å². The summed E-state index contributed by atoms with van der Waals surface area (Å²) in [7, 11) is 0. The number of aliphatic hydroxyl groups excluding tert-OH is 1. The second-order valence-corrected chi connectivity index (χ2v) is 6.95. The van der Waals surface area contributed by atoms with Crippen LogP contribution in [0, 0.1) is 5.92 Å². The zero-order valence-electron chi connectivity index (χ0n) is 10.3. The molecule has 0 radical (unpaired) electrons. The Kier molecular flexibility index (Phi) is 3.54. The summed E-state index contributed by atoms with van der Waals surface area (Å²) in [5.74, 6) is 1.49. The number of aryl methyl sites for hydroxylation is 1. The molecule has 0 bridgehead atoms. The molecule has 2 aromatic rings. The largest absolute Gasteiger partial charge is 0.396 e. The van der Waals surface area contributed by atoms with E-state index in [2.05, 4.69) is 16.9 Å². The van der Waals surface area contributed by atoms with Crippen molar-refractivity contribution in [2.75, 3.05) is 12.4 Å². The predicted octanol–water partition coefficient (Wildman–Crippen LogP) is 2.90. The standard InChI is InChI=1S/C13H16N2OS2/c1-8-2-3-9-10(6-8)18-13-11(9)12(14-7-15-13)17-5-4-16/h7-8,16H,2-6H2,1H3. The lowest BCUT2D eigenvalue weighted by Gasteiger charge is -2.18. The second kappa shape index (κ2) is 5.15. The van der Waals surface area contributed by atoms with Crippen molar-refractivity contribution in [3.05, 3.63) is 16.8 Å². The fraction of sp³-hybridized carbons (Fsp3) is 0.538. The molecule has 1 aliphatic carbocycles. The van der Waals surface area contributed by atoms with Gasteiger partial charge in [-0.05, 0) is 30.7 Å². The molecule has 3 nitrogen and oxygen atoms in total. The summed E-state index contributed by atoms with van der Waals surface area (Å²) in [4.78, 5) is 11.4. The highest BCUT2D eigenvalue weighted by Crippen LogP contribution is 2.40. The maximum Gasteiger partial charge on any atom is 0.128 e. The molecule has 3 rings (SSSR count). The van der Waals surface area contributed by atoms with E-state index in [-0.39, 0.29) is 6.61 Å². The summed E-state index contributed by atoms with van der Waals surface area (Å²) >= 11 is 3.46. The molecule has 0 amide bonds. The molecule has 0 aliphatic heterocycles. The molecule has 0 spiro atoms. The van der Waals surface area contributed by atoms with E-state index in [0.717, 1.165) is 22.2 Å². The van der Waals surface area contributed by atoms with Gasteiger partial charge in [0.2, 0.25) is 0 Å². The van der Waals surface area contributed by atoms with Crippen LogP contribution in [0.4, 0.5) is 0 Å². The van der Waals surface area contributed by atoms with E-state index < -0.39 is 0 Å². The average Bonchev–Trinajstić information content (AvgIpc) is 2.73. The first kappa shape index (κ1) is 12.4. The third-order valence-electron chi connectivity index (χ3n) is 3.39. The zero-order valence-corrected chi connectivity index (χ0v) is 12.0. The average molecular weight is 280 g/mol. The number of hydrogen-bond acceptors (Lipinski definition) is 5. The van der Waals surface area contributed by atoms with Gasteiger partial charge in [-0.15, -0.1) is 23.1 Å². The van der Waals surface area contributed by atoms with Gasteiger partial charge < -0.3 is 5.11 Å². The van der Waals surface area contributed by atoms with Crippen LogP contribution in [0.15, 0.2) is 11.4 Å². The minimum absolute atomic E-state index is 0.194. The minimum atomic E-state index is 0.194. The maximum atomic E-state index is 8.96. The van der Waals surface area contributed by atoms with E-state index in [1.165, 1.54) is 28.7 Å². The number of fused-ring (bicyclic) bond motifs is 3. The van der Waals surface area contributed by atoms with Gasteiger partial charge in [-0.2, -0.15) is 0 Å². The van der Waals surface area contributed by atoms with Crippen LogP contribution < -0.4 is 0 Å². The summed E-state index contributed by atoms with van der Waals surface area (Å²) in [6, 6.07) is 0. The van der Waals surface area contributed by atoms with Gasteiger partial charge in [0.25, 0.3) is 0 Å². The van der Waals surface area contributed by atoms with Gasteiger partial charge in [-0.1, -0.05) is 6.92 Å². The third-order valence-corrected chi connectivity index (χ3v) is 5.52. The maximum absolute atomic E-state index is 8.96. The minimum Gasteiger partial charge on any atom is -0.396 e. The van der Waals surface area contributed by atoms with Gasteiger partial charge >= 0.3 is 0 Å². The van der Waals surface area contributed by atoms with Gasteiger partial charge in [0.15, 0.2) is 0 Å². The van der Waals surface area contributed by atoms with Crippen molar-refractivity contribution in [1.29, 1.82) is 0 Å². The lowest BCUT2D eigenvalue weighted by Crippen LogP contribution is -2.08. The van der Waals surface area contributed by atoms with Crippen molar-refractivity contribution in [3.8, 4) is 0 Å². The highest BCUT2D eigenvalue weighted by atomic mass is 32.2. The molecule has 2 aromatic heterocycles. The van der Waals surface area contributed by atoms with Crippen molar-refractivity contribution >= 4 is 33.3 Å². The van der Waals surface area contributed by atoms with Crippen LogP contribution in [0.3, 0.4) is 0 Å². The number of thiophene rings is 1. The number of nitrogens with zero attached hydrogens (tertiary/aromatic N) is 2. The van der Waals surface area contributed by atoms with Gasteiger partial charge in [-0.25, -0.2) is 9.97 Å². The molecule has 1 atom stereocenters. The topological polar surface area (TPSA) is 46.0 Å². The van der Waals surface area contributed by atoms with Crippen LogP contribution in [0.25, 0.3) is 10.2 Å². The van der Waals surface area contributed by atoms with E-state index >= 15 is 0 Å². The van der Waals surface area contributed by atoms with Crippen LogP contribution in [-0.2, 0) is 12.8 Å². The number of hydrogen-bond donors (Lipinski definition) is 1. The van der Waals surface area contributed by atoms with Crippen molar-refractivity contribution in [2.45, 2.75) is 31.2 Å². The Bertz CT molecular complexity index is 567. The number of rotatable bonds is 3. The summed E-state index contributed by atoms with van der Waals surface area (Å²) in [5.41, 5.74) is 1.47. The number of aliphatic hydroxyl groups is 1. The van der Waals surface area contributed by atoms with Crippen LogP contribution >= 0.6 is 23.1 Å². The van der Waals surface area contributed by atoms with E-state index in [0.29, 0.717) is 5.75 Å². The SMILES string of the molecule is CC1CCc2c(sc3ncnc(SCCO)c23)C1. The normalized spacial score (nSPS) is 19.1. The first-order chi connectivity index (χ1) is 8.79. The summed E-state index contributed by atoms with van der Waals surface area (Å²) in [6.07, 6.45) is 5.24. The molecule has 0 saturated carbocycles. The van der Waals surface area contributed by atoms with E-state index in [1.54, 1.807) is 18.1 Å². The smallest absolute Gasteiger partial charge is 0.128 e. The summed E-state index contributed by atoms with van der Waals surface area (Å²) < 4.78 is 0. The van der Waals surface area contributed by atoms with Gasteiger partial charge in [0.1, 0.15) is 16.2 Å². The van der Waals surface area contributed by atoms with E-state index in [9.17, 15) is 0 Å². The highest BCUT2D eigenvalue weighted by Gasteiger charge is 2.22. The molecule has 1 unspecified atom stereocenters. The molecular weight excluding hydrogens is 264 g/mol. The molecule has 0 aromatic carbocycles. The molecular formula is C13H16N2OS2. The Hall–Kier alpha value is -0.650. The fourth-order valence-corrected chi connectivity index (χ4v) is 4.68. The second-order valence-electron chi connectivity index (χ2n) is 4.78. The summed E-state index contributed by atoms with van der Waals surface area (Å²) in [5, 5.41) is 11.3. The molecule has 5 heteroatoms. The van der Waals surface area contributed by atoms with Crippen molar-refractivity contribution in [2.24, 2.45) is 5.92 Å². The lowest BCUT2D eigenvalue weighted by atomic mass is 9.89. The molecule has 2 heterocycles. The quantitative estimate of drug-likeness (QED) is 0.693. The molecule has 1 N–H and O–H groups in total. The van der Waals surface area contributed by atoms with Gasteiger partial charge in [-0.3, -0.25) is 0 Å². The first-order valence-electron chi connectivity index (χ1n) is 6.28. The Morgan fingerprint density at radius 3 is 3.22 bits per heavy atom. The van der Waals surface area contributed by atoms with Crippen molar-refractivity contribution < 1.29 is 5.11 Å². The van der Waals surface area contributed by atoms with Crippen LogP contribution in [0.5, 0.6) is 0 Å². The van der Waals surface area contributed by atoms with Crippen molar-refractivity contribution in [3.63, 3.8) is 0 Å². The predicted molar refractivity (Wildman–Crippen MR) is 76.4 cm³/mol. The third kappa shape index (κ3) is 2.15. The Morgan fingerprint density at radius 2 is 2.39 bits per heavy atom. The first-order valence-corrected chi connectivity index (χ1v) is 8.08. The van der Waals surface area contributed by atoms with Crippen LogP contribution in [-0.4, -0.2) is 27.4 Å². The number of thioether (sulfide) groups is 1. The zero-order chi connectivity index (χ0) is 12.5. The van der Waals surface area contributed by atoms with Gasteiger partial charge in [0, 0.05) is 16.0 Å². The Morgan fingerprint density at radius 1 is 1.50 bits per heavy atom. The lowest BCUT2D eigenvalue weighted by molar-refractivity contribution is 0.322. The molecule has 0 saturated heterocycles. The highest BCUT2D eigenvalue weighted by molar-refractivity contribution is 7.99. The Labute approximate surface area is 115 Å². The van der Waals surface area contributed by atoms with Gasteiger partial charge in [0.05, 0.1) is 6.61 Å². The van der Waals surface area contributed by atoms with Crippen LogP contribution in [0.1, 0.15) is 23.8 Å². The molecule has 96 valence electrons. The molecule has 0 fully saturated rings. The number of aromatic nitrogens is 2. The monoisotopic (exact) mass is 280 g/mol. The van der Waals surface area contributed by atoms with Crippen LogP contribution in [0.2, 0.25) is 0 Å². The fourth-order valence-electron chi connectivity index (χ4n) is 2.50. The molecule has 1 aliphatic rings. The molecule has 18 heavy (non-hydrogen) atoms. The van der Waals surface area contributed by atoms with E-state index in [4.69, 9.17) is 5.11 Å². The summed E-state index contributed by atoms with van der Waals surface area (Å²) in [6.45, 7) is 2.51. The van der Waals surface area contributed by atoms with E-state index in [1.807, 2.05) is 11.3 Å². The Balaban J connectivity index is 2.09.